The lowest BCUT2D eigenvalue weighted by atomic mass is 9.81. The lowest BCUT2D eigenvalue weighted by Crippen LogP contribution is -2.44. The molecule has 1 aromatic rings. The van der Waals surface area contributed by atoms with Crippen molar-refractivity contribution in [3.05, 3.63) is 36.4 Å². The molecule has 1 aromatic carbocycles. The Balaban J connectivity index is 2.49. The molecule has 2 rings (SSSR count). The first kappa shape index (κ1) is 23.2. The van der Waals surface area contributed by atoms with Gasteiger partial charge in [0.25, 0.3) is 0 Å². The minimum Gasteiger partial charge on any atom is -0.428 e. The second-order valence-electron chi connectivity index (χ2n) is 9.21. The largest absolute Gasteiger partial charge is 0.514 e. The van der Waals surface area contributed by atoms with Gasteiger partial charge in [-0.05, 0) is 58.1 Å². The van der Waals surface area contributed by atoms with E-state index in [1.165, 1.54) is 0 Å². The Hall–Kier alpha value is -2.05. The molecule has 29 heavy (non-hydrogen) atoms. The van der Waals surface area contributed by atoms with Crippen LogP contribution in [0.2, 0.25) is 0 Å². The lowest BCUT2D eigenvalue weighted by Gasteiger charge is -2.39. The molecule has 1 heterocycles. The predicted molar refractivity (Wildman–Crippen MR) is 114 cm³/mol. The van der Waals surface area contributed by atoms with E-state index >= 15 is 0 Å². The van der Waals surface area contributed by atoms with Crippen molar-refractivity contribution < 1.29 is 24.2 Å². The molecule has 0 bridgehead atoms. The summed E-state index contributed by atoms with van der Waals surface area (Å²) in [5, 5.41) is 11.6. The first-order valence-corrected chi connectivity index (χ1v) is 10.2. The molecule has 0 saturated carbocycles. The van der Waals surface area contributed by atoms with E-state index in [9.17, 15) is 9.90 Å². The summed E-state index contributed by atoms with van der Waals surface area (Å²) in [7, 11) is 0. The monoisotopic (exact) mass is 405 g/mol. The quantitative estimate of drug-likeness (QED) is 0.383. The second kappa shape index (κ2) is 9.18. The molecule has 0 aliphatic carbocycles. The summed E-state index contributed by atoms with van der Waals surface area (Å²) in [6.07, 6.45) is 2.97. The van der Waals surface area contributed by atoms with E-state index in [2.05, 4.69) is 20.4 Å². The number of benzene rings is 1. The summed E-state index contributed by atoms with van der Waals surface area (Å²) in [6, 6.07) is 5.51. The van der Waals surface area contributed by atoms with E-state index in [-0.39, 0.29) is 18.2 Å². The van der Waals surface area contributed by atoms with Crippen molar-refractivity contribution in [1.29, 1.82) is 0 Å². The smallest absolute Gasteiger partial charge is 0.428 e. The van der Waals surface area contributed by atoms with Crippen LogP contribution in [0.5, 0.6) is 5.75 Å². The molecule has 2 atom stereocenters. The average molecular weight is 406 g/mol. The van der Waals surface area contributed by atoms with Crippen molar-refractivity contribution in [2.45, 2.75) is 78.0 Å². The normalized spacial score (nSPS) is 22.1. The first-order valence-electron chi connectivity index (χ1n) is 10.2. The van der Waals surface area contributed by atoms with Gasteiger partial charge in [-0.25, -0.2) is 9.86 Å². The van der Waals surface area contributed by atoms with Crippen molar-refractivity contribution in [2.24, 2.45) is 5.92 Å². The number of rotatable bonds is 7. The zero-order valence-corrected chi connectivity index (χ0v) is 18.5. The van der Waals surface area contributed by atoms with E-state index < -0.39 is 11.8 Å². The maximum Gasteiger partial charge on any atom is 0.514 e. The molecule has 0 aromatic heterocycles. The van der Waals surface area contributed by atoms with Crippen LogP contribution in [0.4, 0.5) is 10.5 Å². The SMILES string of the molecule is C=CCC1(CC(C)C)CC(CO)ON1c1c(C)cccc1OC(=O)OC(C)(C)C. The molecule has 1 fully saturated rings. The van der Waals surface area contributed by atoms with Crippen molar-refractivity contribution in [2.75, 3.05) is 11.7 Å². The maximum absolute atomic E-state index is 12.3. The third-order valence-electron chi connectivity index (χ3n) is 4.80. The van der Waals surface area contributed by atoms with Crippen LogP contribution in [0.15, 0.2) is 30.9 Å². The van der Waals surface area contributed by atoms with Crippen LogP contribution >= 0.6 is 0 Å². The number of carbonyl (C=O) groups is 1. The summed E-state index contributed by atoms with van der Waals surface area (Å²) >= 11 is 0. The van der Waals surface area contributed by atoms with Gasteiger partial charge in [-0.2, -0.15) is 0 Å². The molecule has 0 amide bonds. The number of hydroxylamine groups is 1. The number of aliphatic hydroxyl groups is 1. The Morgan fingerprint density at radius 2 is 2.14 bits per heavy atom. The highest BCUT2D eigenvalue weighted by molar-refractivity contribution is 5.72. The molecule has 6 nitrogen and oxygen atoms in total. The van der Waals surface area contributed by atoms with Crippen LogP contribution < -0.4 is 9.80 Å². The fourth-order valence-corrected chi connectivity index (χ4v) is 3.97. The number of anilines is 1. The van der Waals surface area contributed by atoms with Crippen molar-refractivity contribution in [1.82, 2.24) is 0 Å². The number of hydrogen-bond donors (Lipinski definition) is 1. The highest BCUT2D eigenvalue weighted by atomic mass is 16.7. The number of hydrogen-bond acceptors (Lipinski definition) is 6. The zero-order chi connectivity index (χ0) is 21.8. The van der Waals surface area contributed by atoms with Crippen LogP contribution in [0.1, 0.15) is 59.4 Å². The Labute approximate surface area is 174 Å². The topological polar surface area (TPSA) is 68.2 Å². The van der Waals surface area contributed by atoms with Gasteiger partial charge in [-0.15, -0.1) is 6.58 Å². The second-order valence-corrected chi connectivity index (χ2v) is 9.21. The standard InChI is InChI=1S/C23H35NO5/c1-8-12-23(13-16(2)3)14-18(15-25)29-24(23)20-17(4)10-9-11-19(20)27-21(26)28-22(5,6)7/h8-11,16,18,25H,1,12-15H2,2-7H3. The van der Waals surface area contributed by atoms with E-state index in [1.807, 2.05) is 30.2 Å². The fourth-order valence-electron chi connectivity index (χ4n) is 3.97. The maximum atomic E-state index is 12.3. The van der Waals surface area contributed by atoms with E-state index in [1.54, 1.807) is 26.8 Å². The van der Waals surface area contributed by atoms with Gasteiger partial charge in [-0.1, -0.05) is 32.1 Å². The average Bonchev–Trinajstić information content (AvgIpc) is 2.91. The molecular formula is C23H35NO5. The molecule has 1 aliphatic rings. The summed E-state index contributed by atoms with van der Waals surface area (Å²) in [5.41, 5.74) is 0.539. The number of aryl methyl sites for hydroxylation is 1. The zero-order valence-electron chi connectivity index (χ0n) is 18.5. The van der Waals surface area contributed by atoms with Gasteiger partial charge in [0.15, 0.2) is 5.75 Å². The van der Waals surface area contributed by atoms with Crippen LogP contribution in [0, 0.1) is 12.8 Å². The van der Waals surface area contributed by atoms with Crippen molar-refractivity contribution >= 4 is 11.8 Å². The van der Waals surface area contributed by atoms with Crippen LogP contribution in [-0.4, -0.2) is 35.1 Å². The third-order valence-corrected chi connectivity index (χ3v) is 4.80. The number of para-hydroxylation sites is 1. The minimum atomic E-state index is -0.763. The lowest BCUT2D eigenvalue weighted by molar-refractivity contribution is 0.0187. The predicted octanol–water partition coefficient (Wildman–Crippen LogP) is 5.17. The molecule has 2 unspecified atom stereocenters. The van der Waals surface area contributed by atoms with Gasteiger partial charge >= 0.3 is 6.16 Å². The molecular weight excluding hydrogens is 370 g/mol. The number of aliphatic hydroxyl groups excluding tert-OH is 1. The highest BCUT2D eigenvalue weighted by Crippen LogP contribution is 2.47. The van der Waals surface area contributed by atoms with E-state index in [0.717, 1.165) is 12.0 Å². The molecule has 0 spiro atoms. The first-order chi connectivity index (χ1) is 13.5. The Bertz CT molecular complexity index is 724. The van der Waals surface area contributed by atoms with E-state index in [0.29, 0.717) is 30.2 Å². The summed E-state index contributed by atoms with van der Waals surface area (Å²) in [5.74, 6) is 0.771. The Kier molecular flexibility index (Phi) is 7.35. The molecule has 0 radical (unpaired) electrons. The number of carbonyl (C=O) groups excluding carboxylic acids is 1. The van der Waals surface area contributed by atoms with Gasteiger partial charge in [-0.3, -0.25) is 4.84 Å². The molecule has 162 valence electrons. The van der Waals surface area contributed by atoms with Crippen LogP contribution in [-0.2, 0) is 9.57 Å². The molecule has 1 aliphatic heterocycles. The minimum absolute atomic E-state index is 0.0817. The third kappa shape index (κ3) is 5.73. The van der Waals surface area contributed by atoms with Gasteiger partial charge in [0.2, 0.25) is 0 Å². The van der Waals surface area contributed by atoms with Gasteiger partial charge < -0.3 is 14.6 Å². The highest BCUT2D eigenvalue weighted by Gasteiger charge is 2.48. The molecule has 1 saturated heterocycles. The summed E-state index contributed by atoms with van der Waals surface area (Å²) < 4.78 is 10.9. The van der Waals surface area contributed by atoms with Crippen LogP contribution in [0.25, 0.3) is 0 Å². The van der Waals surface area contributed by atoms with Gasteiger partial charge in [0.05, 0.1) is 12.1 Å². The van der Waals surface area contributed by atoms with Gasteiger partial charge in [0.1, 0.15) is 17.4 Å². The number of nitrogens with zero attached hydrogens (tertiary/aromatic N) is 1. The summed E-state index contributed by atoms with van der Waals surface area (Å²) in [4.78, 5) is 18.5. The van der Waals surface area contributed by atoms with Crippen molar-refractivity contribution in [3.8, 4) is 5.75 Å². The number of ether oxygens (including phenoxy) is 2. The van der Waals surface area contributed by atoms with E-state index in [4.69, 9.17) is 14.3 Å². The van der Waals surface area contributed by atoms with Crippen LogP contribution in [0.3, 0.4) is 0 Å². The molecule has 1 N–H and O–H groups in total. The fraction of sp³-hybridized carbons (Fsp3) is 0.609. The Morgan fingerprint density at radius 3 is 2.69 bits per heavy atom. The van der Waals surface area contributed by atoms with Gasteiger partial charge in [0, 0.05) is 6.42 Å². The molecule has 6 heteroatoms. The van der Waals surface area contributed by atoms with Crippen molar-refractivity contribution in [3.63, 3.8) is 0 Å². The summed E-state index contributed by atoms with van der Waals surface area (Å²) in [6.45, 7) is 15.5. The Morgan fingerprint density at radius 1 is 1.45 bits per heavy atom.